The van der Waals surface area contributed by atoms with E-state index >= 15 is 0 Å². The number of halogens is 4. The van der Waals surface area contributed by atoms with Crippen LogP contribution >= 0.6 is 0 Å². The summed E-state index contributed by atoms with van der Waals surface area (Å²) >= 11 is 0. The Morgan fingerprint density at radius 1 is 0.962 bits per heavy atom. The topological polar surface area (TPSA) is 40.5 Å². The van der Waals surface area contributed by atoms with Crippen LogP contribution in [0.2, 0.25) is 0 Å². The summed E-state index contributed by atoms with van der Waals surface area (Å²) in [4.78, 5) is 0. The van der Waals surface area contributed by atoms with E-state index in [2.05, 4.69) is 6.58 Å². The Hall–Kier alpha value is -2.18. The molecule has 0 unspecified atom stereocenters. The molecule has 2 aromatic rings. The van der Waals surface area contributed by atoms with Crippen LogP contribution in [-0.2, 0) is 5.60 Å². The third-order valence-electron chi connectivity index (χ3n) is 4.54. The molecule has 0 aliphatic heterocycles. The smallest absolute Gasteiger partial charge is 0.126 e. The molecule has 2 aromatic carbocycles. The molecule has 2 N–H and O–H groups in total. The molecule has 0 fully saturated rings. The summed E-state index contributed by atoms with van der Waals surface area (Å²) in [6, 6.07) is 5.38. The monoisotopic (exact) mass is 368 g/mol. The van der Waals surface area contributed by atoms with Crippen molar-refractivity contribution < 1.29 is 27.8 Å². The number of hydrogen-bond donors (Lipinski definition) is 2. The van der Waals surface area contributed by atoms with E-state index in [1.165, 1.54) is 6.08 Å². The van der Waals surface area contributed by atoms with Crippen LogP contribution in [0.25, 0.3) is 0 Å². The Bertz CT molecular complexity index is 753. The Labute approximate surface area is 149 Å². The number of hydrogen-bond acceptors (Lipinski definition) is 2. The van der Waals surface area contributed by atoms with Crippen molar-refractivity contribution in [3.05, 3.63) is 83.4 Å². The highest BCUT2D eigenvalue weighted by Gasteiger charge is 2.35. The van der Waals surface area contributed by atoms with E-state index < -0.39 is 40.9 Å². The van der Waals surface area contributed by atoms with Gasteiger partial charge in [0.05, 0.1) is 11.7 Å². The molecule has 2 nitrogen and oxygen atoms in total. The van der Waals surface area contributed by atoms with Crippen LogP contribution in [0.3, 0.4) is 0 Å². The normalized spacial score (nSPS) is 16.0. The van der Waals surface area contributed by atoms with E-state index in [0.717, 1.165) is 24.3 Å². The SMILES string of the molecule is C=C[C@H](C)[C@@](O)(CC[C@@H](O)c1cc(F)cc(F)c1)c1cc(F)cc(F)c1. The Morgan fingerprint density at radius 3 is 1.88 bits per heavy atom. The fourth-order valence-corrected chi connectivity index (χ4v) is 2.92. The number of rotatable bonds is 7. The molecule has 0 heterocycles. The predicted molar refractivity (Wildman–Crippen MR) is 90.2 cm³/mol. The van der Waals surface area contributed by atoms with Gasteiger partial charge in [-0.05, 0) is 48.2 Å². The fraction of sp³-hybridized carbons (Fsp3) is 0.300. The number of aliphatic hydroxyl groups is 2. The van der Waals surface area contributed by atoms with Gasteiger partial charge in [-0.25, -0.2) is 17.6 Å². The van der Waals surface area contributed by atoms with E-state index in [9.17, 15) is 27.8 Å². The van der Waals surface area contributed by atoms with Crippen LogP contribution in [0, 0.1) is 29.2 Å². The summed E-state index contributed by atoms with van der Waals surface area (Å²) in [5.41, 5.74) is -1.70. The third kappa shape index (κ3) is 4.51. The molecule has 0 aromatic heterocycles. The molecule has 6 heteroatoms. The maximum Gasteiger partial charge on any atom is 0.126 e. The zero-order valence-corrected chi connectivity index (χ0v) is 14.2. The standard InChI is InChI=1S/C20H20F4O2/c1-3-12(2)20(26,14-8-17(23)11-18(24)9-14)5-4-19(25)13-6-15(21)10-16(22)7-13/h3,6-12,19,25-26H,1,4-5H2,2H3/t12-,19+,20-/m0/s1. The van der Waals surface area contributed by atoms with Gasteiger partial charge < -0.3 is 10.2 Å². The lowest BCUT2D eigenvalue weighted by Gasteiger charge is -2.34. The van der Waals surface area contributed by atoms with Crippen molar-refractivity contribution in [1.82, 2.24) is 0 Å². The second-order valence-corrected chi connectivity index (χ2v) is 6.36. The molecule has 0 saturated carbocycles. The molecule has 0 bridgehead atoms. The highest BCUT2D eigenvalue weighted by Crippen LogP contribution is 2.38. The van der Waals surface area contributed by atoms with Gasteiger partial charge in [-0.15, -0.1) is 6.58 Å². The summed E-state index contributed by atoms with van der Waals surface area (Å²) < 4.78 is 53.7. The second-order valence-electron chi connectivity index (χ2n) is 6.36. The minimum Gasteiger partial charge on any atom is -0.388 e. The second kappa shape index (κ2) is 8.01. The van der Waals surface area contributed by atoms with Crippen molar-refractivity contribution >= 4 is 0 Å². The number of benzene rings is 2. The van der Waals surface area contributed by atoms with E-state index in [4.69, 9.17) is 0 Å². The van der Waals surface area contributed by atoms with Crippen LogP contribution in [0.4, 0.5) is 17.6 Å². The average Bonchev–Trinajstić information content (AvgIpc) is 2.56. The molecule has 2 rings (SSSR count). The molecule has 3 atom stereocenters. The van der Waals surface area contributed by atoms with Crippen LogP contribution in [-0.4, -0.2) is 10.2 Å². The van der Waals surface area contributed by atoms with Gasteiger partial charge in [0.25, 0.3) is 0 Å². The summed E-state index contributed by atoms with van der Waals surface area (Å²) in [6.07, 6.45) is -0.0306. The summed E-state index contributed by atoms with van der Waals surface area (Å²) in [6.45, 7) is 5.21. The molecule has 140 valence electrons. The average molecular weight is 368 g/mol. The molecule has 0 radical (unpaired) electrons. The Balaban J connectivity index is 2.29. The molecular formula is C20H20F4O2. The molecule has 0 aliphatic rings. The van der Waals surface area contributed by atoms with E-state index in [-0.39, 0.29) is 24.0 Å². The minimum absolute atomic E-state index is 0.0000211. The number of aliphatic hydroxyl groups excluding tert-OH is 1. The van der Waals surface area contributed by atoms with Crippen LogP contribution < -0.4 is 0 Å². The van der Waals surface area contributed by atoms with Crippen molar-refractivity contribution in [3.8, 4) is 0 Å². The first-order valence-corrected chi connectivity index (χ1v) is 8.11. The van der Waals surface area contributed by atoms with E-state index in [0.29, 0.717) is 12.1 Å². The highest BCUT2D eigenvalue weighted by molar-refractivity contribution is 5.27. The van der Waals surface area contributed by atoms with Crippen LogP contribution in [0.1, 0.15) is 37.0 Å². The van der Waals surface area contributed by atoms with Gasteiger partial charge in [0.1, 0.15) is 23.3 Å². The highest BCUT2D eigenvalue weighted by atomic mass is 19.1. The summed E-state index contributed by atoms with van der Waals surface area (Å²) in [7, 11) is 0. The van der Waals surface area contributed by atoms with Gasteiger partial charge >= 0.3 is 0 Å². The van der Waals surface area contributed by atoms with Gasteiger partial charge in [0.15, 0.2) is 0 Å². The Morgan fingerprint density at radius 2 is 1.42 bits per heavy atom. The first kappa shape index (κ1) is 20.1. The van der Waals surface area contributed by atoms with Gasteiger partial charge in [0.2, 0.25) is 0 Å². The van der Waals surface area contributed by atoms with Crippen molar-refractivity contribution in [2.24, 2.45) is 5.92 Å². The lowest BCUT2D eigenvalue weighted by Crippen LogP contribution is -2.33. The largest absolute Gasteiger partial charge is 0.388 e. The molecule has 0 aliphatic carbocycles. The van der Waals surface area contributed by atoms with Crippen LogP contribution in [0.15, 0.2) is 49.1 Å². The maximum atomic E-state index is 13.6. The van der Waals surface area contributed by atoms with Gasteiger partial charge in [-0.2, -0.15) is 0 Å². The van der Waals surface area contributed by atoms with Crippen molar-refractivity contribution in [1.29, 1.82) is 0 Å². The first-order chi connectivity index (χ1) is 12.2. The third-order valence-corrected chi connectivity index (χ3v) is 4.54. The molecule has 0 spiro atoms. The molecule has 0 saturated heterocycles. The lowest BCUT2D eigenvalue weighted by atomic mass is 9.78. The van der Waals surface area contributed by atoms with Gasteiger partial charge in [-0.3, -0.25) is 0 Å². The quantitative estimate of drug-likeness (QED) is 0.546. The van der Waals surface area contributed by atoms with E-state index in [1.807, 2.05) is 0 Å². The van der Waals surface area contributed by atoms with Crippen molar-refractivity contribution in [3.63, 3.8) is 0 Å². The zero-order valence-electron chi connectivity index (χ0n) is 14.2. The lowest BCUT2D eigenvalue weighted by molar-refractivity contribution is -0.0208. The first-order valence-electron chi connectivity index (χ1n) is 8.11. The molecule has 26 heavy (non-hydrogen) atoms. The van der Waals surface area contributed by atoms with Crippen molar-refractivity contribution in [2.45, 2.75) is 31.5 Å². The van der Waals surface area contributed by atoms with Gasteiger partial charge in [-0.1, -0.05) is 13.0 Å². The fourth-order valence-electron chi connectivity index (χ4n) is 2.92. The zero-order chi connectivity index (χ0) is 19.5. The molecular weight excluding hydrogens is 348 g/mol. The molecule has 0 amide bonds. The van der Waals surface area contributed by atoms with Gasteiger partial charge in [0, 0.05) is 18.1 Å². The summed E-state index contributed by atoms with van der Waals surface area (Å²) in [5, 5.41) is 21.3. The minimum atomic E-state index is -1.71. The Kier molecular flexibility index (Phi) is 6.21. The summed E-state index contributed by atoms with van der Waals surface area (Å²) in [5.74, 6) is -3.95. The van der Waals surface area contributed by atoms with Crippen LogP contribution in [0.5, 0.6) is 0 Å². The predicted octanol–water partition coefficient (Wildman–Crippen LogP) is 4.77. The van der Waals surface area contributed by atoms with Crippen molar-refractivity contribution in [2.75, 3.05) is 0 Å². The van der Waals surface area contributed by atoms with E-state index in [1.54, 1.807) is 6.92 Å². The maximum absolute atomic E-state index is 13.6.